The Morgan fingerprint density at radius 3 is 2.56 bits per heavy atom. The second-order valence-corrected chi connectivity index (χ2v) is 10.6. The van der Waals surface area contributed by atoms with Gasteiger partial charge in [-0.05, 0) is 54.7 Å². The van der Waals surface area contributed by atoms with Gasteiger partial charge < -0.3 is 15.7 Å². The number of halogens is 1. The molecule has 0 spiro atoms. The highest BCUT2D eigenvalue weighted by Crippen LogP contribution is 2.50. The summed E-state index contributed by atoms with van der Waals surface area (Å²) < 4.78 is 1.05. The molecular weight excluding hydrogens is 454 g/mol. The van der Waals surface area contributed by atoms with Crippen LogP contribution in [-0.4, -0.2) is 37.4 Å². The minimum Gasteiger partial charge on any atom is -0.388 e. The summed E-state index contributed by atoms with van der Waals surface area (Å²) in [6.45, 7) is 12.1. The third kappa shape index (κ3) is 5.13. The van der Waals surface area contributed by atoms with Gasteiger partial charge in [-0.2, -0.15) is 5.10 Å². The lowest BCUT2D eigenvalue weighted by molar-refractivity contribution is -0.122. The number of nitrogens with zero attached hydrogens (tertiary/aromatic N) is 3. The Kier molecular flexibility index (Phi) is 7.72. The highest BCUT2D eigenvalue weighted by molar-refractivity contribution is 6.32. The van der Waals surface area contributed by atoms with E-state index in [9.17, 15) is 14.7 Å². The number of rotatable bonds is 7. The largest absolute Gasteiger partial charge is 0.388 e. The van der Waals surface area contributed by atoms with Crippen molar-refractivity contribution in [3.05, 3.63) is 51.7 Å². The fraction of sp³-hybridized carbons (Fsp3) is 0.600. The van der Waals surface area contributed by atoms with E-state index in [1.165, 1.54) is 6.20 Å². The molecule has 1 unspecified atom stereocenters. The van der Waals surface area contributed by atoms with Crippen LogP contribution in [0.4, 0.5) is 5.69 Å². The average molecular weight is 490 g/mol. The van der Waals surface area contributed by atoms with Crippen molar-refractivity contribution in [2.75, 3.05) is 5.32 Å². The number of pyridine rings is 1. The molecule has 3 rings (SSSR count). The van der Waals surface area contributed by atoms with E-state index in [0.29, 0.717) is 18.0 Å². The van der Waals surface area contributed by atoms with Gasteiger partial charge in [0.15, 0.2) is 0 Å². The monoisotopic (exact) mass is 489 g/mol. The van der Waals surface area contributed by atoms with Crippen LogP contribution in [0.15, 0.2) is 35.5 Å². The maximum Gasteiger partial charge on any atom is 0.288 e. The Hall–Kier alpha value is -2.45. The number of carbonyl (C=O) groups excluding carboxylic acids is 1. The van der Waals surface area contributed by atoms with Crippen LogP contribution in [0.25, 0.3) is 0 Å². The zero-order valence-electron chi connectivity index (χ0n) is 20.8. The van der Waals surface area contributed by atoms with Gasteiger partial charge in [-0.1, -0.05) is 46.2 Å². The Morgan fingerprint density at radius 1 is 1.29 bits per heavy atom. The molecule has 0 aromatic carbocycles. The smallest absolute Gasteiger partial charge is 0.288 e. The highest BCUT2D eigenvalue weighted by Gasteiger charge is 2.52. The van der Waals surface area contributed by atoms with Crippen LogP contribution in [-0.2, 0) is 11.3 Å². The standard InChI is InChI=1S/C25H36ClN5O3/c1-7-18(17-8-10-27-11-9-17)30-21(32)14-31-23(33)22(26)19(13-28-31)29-20-12-15(2)24(4,5)16(3)25(20,6)34/h8-11,13,15-16,18,20,29,34H,7,12,14H2,1-6H3,(H,30,32)/t15-,16-,18?,20+,25-/m0/s1. The van der Waals surface area contributed by atoms with E-state index in [-0.39, 0.29) is 40.9 Å². The maximum absolute atomic E-state index is 12.9. The molecule has 186 valence electrons. The third-order valence-electron chi connectivity index (χ3n) is 8.02. The number of aromatic nitrogens is 3. The molecule has 0 saturated heterocycles. The second kappa shape index (κ2) is 10.0. The van der Waals surface area contributed by atoms with Crippen LogP contribution < -0.4 is 16.2 Å². The quantitative estimate of drug-likeness (QED) is 0.546. The van der Waals surface area contributed by atoms with Crippen LogP contribution in [0.1, 0.15) is 66.0 Å². The maximum atomic E-state index is 12.9. The molecule has 1 amide bonds. The van der Waals surface area contributed by atoms with E-state index >= 15 is 0 Å². The number of hydrogen-bond donors (Lipinski definition) is 3. The van der Waals surface area contributed by atoms with Gasteiger partial charge in [-0.25, -0.2) is 4.68 Å². The predicted molar refractivity (Wildman–Crippen MR) is 134 cm³/mol. The number of hydrogen-bond acceptors (Lipinski definition) is 6. The van der Waals surface area contributed by atoms with E-state index < -0.39 is 11.2 Å². The van der Waals surface area contributed by atoms with Gasteiger partial charge in [-0.15, -0.1) is 0 Å². The van der Waals surface area contributed by atoms with Crippen molar-refractivity contribution in [2.24, 2.45) is 17.3 Å². The fourth-order valence-corrected chi connectivity index (χ4v) is 5.04. The van der Waals surface area contributed by atoms with Gasteiger partial charge in [0.2, 0.25) is 5.91 Å². The first-order valence-corrected chi connectivity index (χ1v) is 12.2. The van der Waals surface area contributed by atoms with Gasteiger partial charge in [0, 0.05) is 12.4 Å². The summed E-state index contributed by atoms with van der Waals surface area (Å²) in [5.74, 6) is 0.0297. The molecule has 0 bridgehead atoms. The number of carbonyl (C=O) groups is 1. The van der Waals surface area contributed by atoms with E-state index in [1.807, 2.05) is 26.0 Å². The van der Waals surface area contributed by atoms with Gasteiger partial charge in [-0.3, -0.25) is 14.6 Å². The van der Waals surface area contributed by atoms with Crippen molar-refractivity contribution in [1.29, 1.82) is 0 Å². The Bertz CT molecular complexity index is 1070. The van der Waals surface area contributed by atoms with Crippen LogP contribution in [0.3, 0.4) is 0 Å². The van der Waals surface area contributed by atoms with Crippen LogP contribution in [0.5, 0.6) is 0 Å². The molecule has 2 aromatic heterocycles. The van der Waals surface area contributed by atoms with Crippen molar-refractivity contribution in [1.82, 2.24) is 20.1 Å². The average Bonchev–Trinajstić information content (AvgIpc) is 2.80. The number of nitrogens with one attached hydrogen (secondary N) is 2. The minimum absolute atomic E-state index is 0.0176. The normalized spacial score (nSPS) is 27.1. The van der Waals surface area contributed by atoms with Crippen LogP contribution in [0, 0.1) is 17.3 Å². The third-order valence-corrected chi connectivity index (χ3v) is 8.38. The van der Waals surface area contributed by atoms with Crippen molar-refractivity contribution >= 4 is 23.2 Å². The molecule has 1 aliphatic carbocycles. The lowest BCUT2D eigenvalue weighted by atomic mass is 9.56. The molecule has 2 heterocycles. The number of aliphatic hydroxyl groups is 1. The summed E-state index contributed by atoms with van der Waals surface area (Å²) in [7, 11) is 0. The van der Waals surface area contributed by atoms with Gasteiger partial charge in [0.1, 0.15) is 11.6 Å². The Balaban J connectivity index is 1.74. The number of amides is 1. The summed E-state index contributed by atoms with van der Waals surface area (Å²) in [5.41, 5.74) is -0.301. The van der Waals surface area contributed by atoms with Gasteiger partial charge >= 0.3 is 0 Å². The SMILES string of the molecule is CCC(NC(=O)Cn1ncc(N[C@@H]2C[C@H](C)C(C)(C)[C@H](C)[C@]2(C)O)c(Cl)c1=O)c1ccncc1. The molecule has 0 radical (unpaired) electrons. The summed E-state index contributed by atoms with van der Waals surface area (Å²) in [6.07, 6.45) is 6.21. The van der Waals surface area contributed by atoms with E-state index in [1.54, 1.807) is 12.4 Å². The Labute approximate surface area is 206 Å². The summed E-state index contributed by atoms with van der Waals surface area (Å²) in [6, 6.07) is 3.21. The van der Waals surface area contributed by atoms with Crippen molar-refractivity contribution in [3.8, 4) is 0 Å². The summed E-state index contributed by atoms with van der Waals surface area (Å²) in [4.78, 5) is 29.5. The van der Waals surface area contributed by atoms with Gasteiger partial charge in [0.05, 0.1) is 29.6 Å². The zero-order chi connectivity index (χ0) is 25.3. The van der Waals surface area contributed by atoms with Crippen molar-refractivity contribution in [3.63, 3.8) is 0 Å². The lowest BCUT2D eigenvalue weighted by Crippen LogP contribution is -2.60. The molecule has 34 heavy (non-hydrogen) atoms. The van der Waals surface area contributed by atoms with Gasteiger partial charge in [0.25, 0.3) is 5.56 Å². The lowest BCUT2D eigenvalue weighted by Gasteiger charge is -2.54. The fourth-order valence-electron chi connectivity index (χ4n) is 4.84. The summed E-state index contributed by atoms with van der Waals surface area (Å²) in [5, 5.41) is 21.6. The molecule has 1 fully saturated rings. The molecular formula is C25H36ClN5O3. The number of anilines is 1. The highest BCUT2D eigenvalue weighted by atomic mass is 35.5. The van der Waals surface area contributed by atoms with Crippen LogP contribution in [0.2, 0.25) is 5.02 Å². The molecule has 3 N–H and O–H groups in total. The topological polar surface area (TPSA) is 109 Å². The molecule has 1 saturated carbocycles. The molecule has 9 heteroatoms. The Morgan fingerprint density at radius 2 is 1.94 bits per heavy atom. The van der Waals surface area contributed by atoms with E-state index in [0.717, 1.165) is 16.7 Å². The van der Waals surface area contributed by atoms with Crippen LogP contribution >= 0.6 is 11.6 Å². The first kappa shape index (κ1) is 26.2. The first-order valence-electron chi connectivity index (χ1n) is 11.8. The minimum atomic E-state index is -1.00. The molecule has 0 aliphatic heterocycles. The van der Waals surface area contributed by atoms with E-state index in [2.05, 4.69) is 48.4 Å². The first-order chi connectivity index (χ1) is 15.9. The molecule has 8 nitrogen and oxygen atoms in total. The molecule has 1 aliphatic rings. The van der Waals surface area contributed by atoms with Crippen molar-refractivity contribution < 1.29 is 9.90 Å². The van der Waals surface area contributed by atoms with E-state index in [4.69, 9.17) is 11.6 Å². The second-order valence-electron chi connectivity index (χ2n) is 10.2. The van der Waals surface area contributed by atoms with Crippen molar-refractivity contribution in [2.45, 2.75) is 78.6 Å². The summed E-state index contributed by atoms with van der Waals surface area (Å²) >= 11 is 6.40. The zero-order valence-corrected chi connectivity index (χ0v) is 21.6. The predicted octanol–water partition coefficient (Wildman–Crippen LogP) is 3.79. The molecule has 2 aromatic rings. The molecule has 5 atom stereocenters.